The third-order valence-electron chi connectivity index (χ3n) is 4.76. The van der Waals surface area contributed by atoms with E-state index in [0.717, 1.165) is 23.3 Å². The summed E-state index contributed by atoms with van der Waals surface area (Å²) in [6.07, 6.45) is 0.921. The molecule has 1 heterocycles. The van der Waals surface area contributed by atoms with Gasteiger partial charge < -0.3 is 15.4 Å². The van der Waals surface area contributed by atoms with E-state index >= 15 is 0 Å². The van der Waals surface area contributed by atoms with Crippen LogP contribution in [0.5, 0.6) is 5.75 Å². The average Bonchev–Trinajstić information content (AvgIpc) is 3.11. The number of hydrogen-bond donors (Lipinski definition) is 3. The van der Waals surface area contributed by atoms with Crippen molar-refractivity contribution in [2.45, 2.75) is 44.7 Å². The lowest BCUT2D eigenvalue weighted by Crippen LogP contribution is -2.42. The molecule has 1 aliphatic heterocycles. The van der Waals surface area contributed by atoms with Crippen LogP contribution in [0.1, 0.15) is 30.5 Å². The molecule has 1 atom stereocenters. The zero-order chi connectivity index (χ0) is 21.6. The van der Waals surface area contributed by atoms with Gasteiger partial charge in [0.2, 0.25) is 10.0 Å². The highest BCUT2D eigenvalue weighted by molar-refractivity contribution is 7.88. The Morgan fingerprint density at radius 1 is 1.10 bits per heavy atom. The smallest absolute Gasteiger partial charge is 0.216 e. The van der Waals surface area contributed by atoms with Gasteiger partial charge in [0.25, 0.3) is 0 Å². The Morgan fingerprint density at radius 3 is 2.50 bits per heavy atom. The Balaban J connectivity index is 1.54. The maximum atomic E-state index is 12.3. The van der Waals surface area contributed by atoms with Crippen LogP contribution in [0.4, 0.5) is 0 Å². The molecular formula is C22H30N4O3S. The molecule has 0 aliphatic carbocycles. The molecule has 2 aromatic rings. The lowest BCUT2D eigenvalue weighted by molar-refractivity contribution is 0.235. The van der Waals surface area contributed by atoms with E-state index < -0.39 is 10.0 Å². The van der Waals surface area contributed by atoms with E-state index in [1.807, 2.05) is 56.3 Å². The Kier molecular flexibility index (Phi) is 7.33. The highest BCUT2D eigenvalue weighted by Gasteiger charge is 2.22. The third kappa shape index (κ3) is 6.21. The number of guanidine groups is 1. The summed E-state index contributed by atoms with van der Waals surface area (Å²) in [6.45, 7) is 4.72. The van der Waals surface area contributed by atoms with Crippen LogP contribution in [0, 0.1) is 0 Å². The van der Waals surface area contributed by atoms with E-state index in [-0.39, 0.29) is 17.9 Å². The van der Waals surface area contributed by atoms with Crippen LogP contribution in [-0.4, -0.2) is 40.1 Å². The first-order valence-corrected chi connectivity index (χ1v) is 11.8. The first-order chi connectivity index (χ1) is 14.4. The Hall–Kier alpha value is -2.58. The highest BCUT2D eigenvalue weighted by Crippen LogP contribution is 2.27. The molecule has 8 heteroatoms. The highest BCUT2D eigenvalue weighted by atomic mass is 32.2. The fraction of sp³-hybridized carbons (Fsp3) is 0.409. The van der Waals surface area contributed by atoms with Gasteiger partial charge in [-0.25, -0.2) is 13.1 Å². The number of fused-ring (bicyclic) bond motifs is 1. The van der Waals surface area contributed by atoms with E-state index in [4.69, 9.17) is 4.74 Å². The van der Waals surface area contributed by atoms with Crippen LogP contribution in [0.25, 0.3) is 0 Å². The van der Waals surface area contributed by atoms with Gasteiger partial charge in [-0.15, -0.1) is 0 Å². The maximum absolute atomic E-state index is 12.3. The quantitative estimate of drug-likeness (QED) is 0.441. The molecule has 2 aromatic carbocycles. The Bertz CT molecular complexity index is 964. The number of ether oxygens (including phenoxy) is 1. The summed E-state index contributed by atoms with van der Waals surface area (Å²) in [7, 11) is -1.68. The van der Waals surface area contributed by atoms with Crippen molar-refractivity contribution in [1.82, 2.24) is 15.4 Å². The summed E-state index contributed by atoms with van der Waals surface area (Å²) in [6, 6.07) is 15.5. The zero-order valence-electron chi connectivity index (χ0n) is 17.7. The largest absolute Gasteiger partial charge is 0.488 e. The van der Waals surface area contributed by atoms with Crippen molar-refractivity contribution >= 4 is 16.0 Å². The van der Waals surface area contributed by atoms with Crippen LogP contribution in [0.2, 0.25) is 0 Å². The lowest BCUT2D eigenvalue weighted by Gasteiger charge is -2.17. The Morgan fingerprint density at radius 2 is 1.80 bits per heavy atom. The first kappa shape index (κ1) is 22.1. The molecule has 0 radical (unpaired) electrons. The van der Waals surface area contributed by atoms with Gasteiger partial charge in [-0.3, -0.25) is 4.99 Å². The first-order valence-electron chi connectivity index (χ1n) is 10.1. The van der Waals surface area contributed by atoms with Gasteiger partial charge in [-0.2, -0.15) is 0 Å². The van der Waals surface area contributed by atoms with Crippen molar-refractivity contribution in [3.63, 3.8) is 0 Å². The van der Waals surface area contributed by atoms with Gasteiger partial charge in [0.1, 0.15) is 11.9 Å². The van der Waals surface area contributed by atoms with Crippen molar-refractivity contribution < 1.29 is 13.2 Å². The lowest BCUT2D eigenvalue weighted by atomic mass is 10.1. The van der Waals surface area contributed by atoms with E-state index in [1.54, 1.807) is 7.05 Å². The molecule has 0 fully saturated rings. The second-order valence-corrected chi connectivity index (χ2v) is 9.41. The number of aliphatic imine (C=N–C) groups is 1. The van der Waals surface area contributed by atoms with E-state index in [0.29, 0.717) is 19.0 Å². The van der Waals surface area contributed by atoms with Gasteiger partial charge in [0.15, 0.2) is 5.96 Å². The van der Waals surface area contributed by atoms with Crippen molar-refractivity contribution in [3.8, 4) is 5.75 Å². The maximum Gasteiger partial charge on any atom is 0.216 e. The predicted molar refractivity (Wildman–Crippen MR) is 120 cm³/mol. The number of hydrogen-bond acceptors (Lipinski definition) is 4. The molecule has 0 amide bonds. The Labute approximate surface area is 179 Å². The molecule has 0 saturated carbocycles. The molecule has 0 spiro atoms. The van der Waals surface area contributed by atoms with Crippen LogP contribution >= 0.6 is 0 Å². The number of benzene rings is 2. The standard InChI is InChI=1S/C22H30N4O3S/c1-16(2)26-30(27,28)15-19-10-5-4-9-18(19)13-24-22(23-3)25-14-20-12-17-8-6-7-11-21(17)29-20/h4-11,16,20,26H,12-15H2,1-3H3,(H2,23,24,25). The monoisotopic (exact) mass is 430 g/mol. The summed E-state index contributed by atoms with van der Waals surface area (Å²) in [5.74, 6) is 1.54. The molecular weight excluding hydrogens is 400 g/mol. The van der Waals surface area contributed by atoms with Crippen molar-refractivity contribution in [3.05, 3.63) is 65.2 Å². The normalized spacial score (nSPS) is 16.3. The second kappa shape index (κ2) is 9.95. The van der Waals surface area contributed by atoms with E-state index in [9.17, 15) is 8.42 Å². The molecule has 30 heavy (non-hydrogen) atoms. The van der Waals surface area contributed by atoms with E-state index in [2.05, 4.69) is 26.4 Å². The minimum Gasteiger partial charge on any atom is -0.488 e. The van der Waals surface area contributed by atoms with Gasteiger partial charge >= 0.3 is 0 Å². The summed E-state index contributed by atoms with van der Waals surface area (Å²) in [5.41, 5.74) is 2.90. The van der Waals surface area contributed by atoms with Gasteiger partial charge in [0, 0.05) is 26.1 Å². The summed E-state index contributed by atoms with van der Waals surface area (Å²) in [5, 5.41) is 6.56. The minimum atomic E-state index is -3.39. The molecule has 0 aromatic heterocycles. The number of para-hydroxylation sites is 1. The minimum absolute atomic E-state index is 0.0523. The van der Waals surface area contributed by atoms with Crippen molar-refractivity contribution in [2.24, 2.45) is 4.99 Å². The fourth-order valence-electron chi connectivity index (χ4n) is 3.45. The molecule has 3 rings (SSSR count). The number of sulfonamides is 1. The fourth-order valence-corrected chi connectivity index (χ4v) is 4.95. The van der Waals surface area contributed by atoms with Crippen molar-refractivity contribution in [2.75, 3.05) is 13.6 Å². The number of nitrogens with zero attached hydrogens (tertiary/aromatic N) is 1. The zero-order valence-corrected chi connectivity index (χ0v) is 18.5. The van der Waals surface area contributed by atoms with Crippen LogP contribution in [-0.2, 0) is 28.7 Å². The molecule has 7 nitrogen and oxygen atoms in total. The van der Waals surface area contributed by atoms with Gasteiger partial charge in [0.05, 0.1) is 12.3 Å². The number of rotatable bonds is 8. The predicted octanol–water partition coefficient (Wildman–Crippen LogP) is 2.18. The van der Waals surface area contributed by atoms with E-state index in [1.165, 1.54) is 5.56 Å². The van der Waals surface area contributed by atoms with Crippen LogP contribution < -0.4 is 20.1 Å². The number of nitrogens with one attached hydrogen (secondary N) is 3. The second-order valence-electron chi connectivity index (χ2n) is 7.66. The molecule has 1 unspecified atom stereocenters. The average molecular weight is 431 g/mol. The third-order valence-corrected chi connectivity index (χ3v) is 6.28. The summed E-state index contributed by atoms with van der Waals surface area (Å²) < 4.78 is 33.2. The summed E-state index contributed by atoms with van der Waals surface area (Å²) >= 11 is 0. The summed E-state index contributed by atoms with van der Waals surface area (Å²) in [4.78, 5) is 4.27. The molecule has 1 aliphatic rings. The topological polar surface area (TPSA) is 91.8 Å². The van der Waals surface area contributed by atoms with Gasteiger partial charge in [-0.05, 0) is 36.6 Å². The van der Waals surface area contributed by atoms with Gasteiger partial charge in [-0.1, -0.05) is 42.5 Å². The molecule has 3 N–H and O–H groups in total. The van der Waals surface area contributed by atoms with Crippen LogP contribution in [0.15, 0.2) is 53.5 Å². The molecule has 0 bridgehead atoms. The van der Waals surface area contributed by atoms with Crippen LogP contribution in [0.3, 0.4) is 0 Å². The molecule has 162 valence electrons. The molecule has 0 saturated heterocycles. The van der Waals surface area contributed by atoms with Crippen molar-refractivity contribution in [1.29, 1.82) is 0 Å². The SMILES string of the molecule is CN=C(NCc1ccccc1CS(=O)(=O)NC(C)C)NCC1Cc2ccccc2O1.